The summed E-state index contributed by atoms with van der Waals surface area (Å²) in [6, 6.07) is 4.37. The number of aromatic nitrogens is 1. The fourth-order valence-electron chi connectivity index (χ4n) is 1.89. The lowest BCUT2D eigenvalue weighted by Crippen LogP contribution is -2.10. The summed E-state index contributed by atoms with van der Waals surface area (Å²) >= 11 is 5.94. The molecule has 1 aromatic heterocycles. The lowest BCUT2D eigenvalue weighted by atomic mass is 10.1. The van der Waals surface area contributed by atoms with Crippen molar-refractivity contribution >= 4 is 28.2 Å². The zero-order valence-corrected chi connectivity index (χ0v) is 11.2. The monoisotopic (exact) mass is 288 g/mol. The van der Waals surface area contributed by atoms with Crippen molar-refractivity contribution in [3.8, 4) is 0 Å². The summed E-state index contributed by atoms with van der Waals surface area (Å²) in [5.41, 5.74) is 0.323. The predicted octanol–water partition coefficient (Wildman–Crippen LogP) is 4.65. The van der Waals surface area contributed by atoms with Gasteiger partial charge < -0.3 is 5.32 Å². The second-order valence-electron chi connectivity index (χ2n) is 4.15. The summed E-state index contributed by atoms with van der Waals surface area (Å²) in [6.07, 6.45) is -4.48. The van der Waals surface area contributed by atoms with E-state index in [1.165, 1.54) is 0 Å². The fourth-order valence-corrected chi connectivity index (χ4v) is 2.04. The largest absolute Gasteiger partial charge is 0.433 e. The first-order valence-electron chi connectivity index (χ1n) is 5.75. The number of nitrogens with one attached hydrogen (secondary N) is 1. The van der Waals surface area contributed by atoms with Gasteiger partial charge in [0.2, 0.25) is 0 Å². The van der Waals surface area contributed by atoms with Gasteiger partial charge in [0.1, 0.15) is 5.69 Å². The van der Waals surface area contributed by atoms with Crippen molar-refractivity contribution in [2.45, 2.75) is 20.0 Å². The standard InChI is InChI=1S/C13H12ClF3N2/c1-3-18-10-6-11(13(15,16)17)19-12-7(2)9(14)5-4-8(10)12/h4-6H,3H2,1-2H3,(H,18,19). The molecule has 0 aliphatic rings. The Morgan fingerprint density at radius 2 is 2.00 bits per heavy atom. The van der Waals surface area contributed by atoms with Crippen LogP contribution in [-0.4, -0.2) is 11.5 Å². The molecule has 0 atom stereocenters. The van der Waals surface area contributed by atoms with Crippen molar-refractivity contribution in [3.05, 3.63) is 34.5 Å². The quantitative estimate of drug-likeness (QED) is 0.870. The second kappa shape index (κ2) is 4.89. The van der Waals surface area contributed by atoms with Crippen LogP contribution >= 0.6 is 11.6 Å². The van der Waals surface area contributed by atoms with Crippen molar-refractivity contribution in [2.24, 2.45) is 0 Å². The Labute approximate surface area is 113 Å². The number of aryl methyl sites for hydroxylation is 1. The number of hydrogen-bond donors (Lipinski definition) is 1. The average Bonchev–Trinajstić information content (AvgIpc) is 2.33. The van der Waals surface area contributed by atoms with Gasteiger partial charge in [-0.3, -0.25) is 0 Å². The summed E-state index contributed by atoms with van der Waals surface area (Å²) in [5, 5.41) is 3.97. The van der Waals surface area contributed by atoms with Crippen LogP contribution in [0.1, 0.15) is 18.2 Å². The van der Waals surface area contributed by atoms with Gasteiger partial charge in [0.25, 0.3) is 0 Å². The van der Waals surface area contributed by atoms with E-state index < -0.39 is 11.9 Å². The number of hydrogen-bond acceptors (Lipinski definition) is 2. The van der Waals surface area contributed by atoms with E-state index in [-0.39, 0.29) is 5.52 Å². The maximum Gasteiger partial charge on any atom is 0.433 e. The van der Waals surface area contributed by atoms with Crippen LogP contribution in [-0.2, 0) is 6.18 Å². The highest BCUT2D eigenvalue weighted by molar-refractivity contribution is 6.32. The molecule has 2 rings (SSSR count). The third-order valence-electron chi connectivity index (χ3n) is 2.83. The predicted molar refractivity (Wildman–Crippen MR) is 70.7 cm³/mol. The van der Waals surface area contributed by atoms with E-state index in [0.717, 1.165) is 6.07 Å². The van der Waals surface area contributed by atoms with E-state index >= 15 is 0 Å². The van der Waals surface area contributed by atoms with Crippen LogP contribution in [0.4, 0.5) is 18.9 Å². The van der Waals surface area contributed by atoms with Crippen LogP contribution in [0.2, 0.25) is 5.02 Å². The second-order valence-corrected chi connectivity index (χ2v) is 4.56. The van der Waals surface area contributed by atoms with Crippen molar-refractivity contribution in [3.63, 3.8) is 0 Å². The van der Waals surface area contributed by atoms with Crippen LogP contribution < -0.4 is 5.32 Å². The van der Waals surface area contributed by atoms with Gasteiger partial charge >= 0.3 is 6.18 Å². The molecule has 0 fully saturated rings. The Morgan fingerprint density at radius 1 is 1.32 bits per heavy atom. The first-order chi connectivity index (χ1) is 8.84. The first-order valence-corrected chi connectivity index (χ1v) is 6.13. The molecule has 1 aromatic carbocycles. The Morgan fingerprint density at radius 3 is 2.58 bits per heavy atom. The van der Waals surface area contributed by atoms with E-state index in [1.54, 1.807) is 19.1 Å². The number of fused-ring (bicyclic) bond motifs is 1. The zero-order chi connectivity index (χ0) is 14.2. The SMILES string of the molecule is CCNc1cc(C(F)(F)F)nc2c(C)c(Cl)ccc12. The minimum Gasteiger partial charge on any atom is -0.385 e. The number of rotatable bonds is 2. The maximum atomic E-state index is 12.8. The summed E-state index contributed by atoms with van der Waals surface area (Å²) in [4.78, 5) is 3.70. The molecule has 0 amide bonds. The number of nitrogens with zero attached hydrogens (tertiary/aromatic N) is 1. The fraction of sp³-hybridized carbons (Fsp3) is 0.308. The first kappa shape index (κ1) is 13.9. The molecule has 2 aromatic rings. The van der Waals surface area contributed by atoms with Crippen LogP contribution in [0.25, 0.3) is 10.9 Å². The number of alkyl halides is 3. The third-order valence-corrected chi connectivity index (χ3v) is 3.24. The van der Waals surface area contributed by atoms with E-state index in [2.05, 4.69) is 10.3 Å². The Kier molecular flexibility index (Phi) is 3.58. The Hall–Kier alpha value is -1.49. The normalized spacial score (nSPS) is 11.9. The van der Waals surface area contributed by atoms with Gasteiger partial charge in [-0.15, -0.1) is 0 Å². The highest BCUT2D eigenvalue weighted by Gasteiger charge is 2.33. The van der Waals surface area contributed by atoms with Crippen molar-refractivity contribution in [1.29, 1.82) is 0 Å². The molecule has 0 radical (unpaired) electrons. The molecule has 6 heteroatoms. The van der Waals surface area contributed by atoms with Gasteiger partial charge in [-0.1, -0.05) is 11.6 Å². The van der Waals surface area contributed by atoms with Crippen LogP contribution in [0.5, 0.6) is 0 Å². The number of anilines is 1. The molecule has 0 bridgehead atoms. The maximum absolute atomic E-state index is 12.8. The van der Waals surface area contributed by atoms with E-state index in [9.17, 15) is 13.2 Å². The van der Waals surface area contributed by atoms with Gasteiger partial charge in [0.05, 0.1) is 5.52 Å². The molecule has 19 heavy (non-hydrogen) atoms. The molecule has 0 spiro atoms. The Balaban J connectivity index is 2.80. The lowest BCUT2D eigenvalue weighted by Gasteiger charge is -2.14. The van der Waals surface area contributed by atoms with Gasteiger partial charge in [0, 0.05) is 22.6 Å². The molecule has 0 aliphatic carbocycles. The van der Waals surface area contributed by atoms with Gasteiger partial charge in [-0.25, -0.2) is 4.98 Å². The third kappa shape index (κ3) is 2.61. The summed E-state index contributed by atoms with van der Waals surface area (Å²) < 4.78 is 38.5. The van der Waals surface area contributed by atoms with E-state index in [4.69, 9.17) is 11.6 Å². The smallest absolute Gasteiger partial charge is 0.385 e. The van der Waals surface area contributed by atoms with Crippen LogP contribution in [0, 0.1) is 6.92 Å². The van der Waals surface area contributed by atoms with Gasteiger partial charge in [-0.05, 0) is 37.6 Å². The summed E-state index contributed by atoms with van der Waals surface area (Å²) in [6.45, 7) is 4.01. The molecule has 0 saturated heterocycles. The Bertz CT molecular complexity index is 623. The van der Waals surface area contributed by atoms with Gasteiger partial charge in [0.15, 0.2) is 0 Å². The van der Waals surface area contributed by atoms with Crippen LogP contribution in [0.3, 0.4) is 0 Å². The number of halogens is 4. The minimum absolute atomic E-state index is 0.276. The molecular weight excluding hydrogens is 277 g/mol. The highest BCUT2D eigenvalue weighted by Crippen LogP contribution is 2.35. The molecule has 1 heterocycles. The van der Waals surface area contributed by atoms with Gasteiger partial charge in [-0.2, -0.15) is 13.2 Å². The topological polar surface area (TPSA) is 24.9 Å². The molecule has 0 aliphatic heterocycles. The van der Waals surface area contributed by atoms with Crippen molar-refractivity contribution < 1.29 is 13.2 Å². The molecular formula is C13H12ClF3N2. The highest BCUT2D eigenvalue weighted by atomic mass is 35.5. The van der Waals surface area contributed by atoms with Crippen LogP contribution in [0.15, 0.2) is 18.2 Å². The summed E-state index contributed by atoms with van der Waals surface area (Å²) in [7, 11) is 0. The van der Waals surface area contributed by atoms with Crippen molar-refractivity contribution in [1.82, 2.24) is 4.98 Å². The number of pyridine rings is 1. The molecule has 2 nitrogen and oxygen atoms in total. The average molecular weight is 289 g/mol. The summed E-state index contributed by atoms with van der Waals surface area (Å²) in [5.74, 6) is 0. The van der Waals surface area contributed by atoms with Crippen molar-refractivity contribution in [2.75, 3.05) is 11.9 Å². The minimum atomic E-state index is -4.48. The van der Waals surface area contributed by atoms with E-state index in [1.807, 2.05) is 6.92 Å². The lowest BCUT2D eigenvalue weighted by molar-refractivity contribution is -0.140. The molecule has 1 N–H and O–H groups in total. The number of benzene rings is 1. The molecule has 0 unspecified atom stereocenters. The molecule has 0 saturated carbocycles. The molecule has 102 valence electrons. The zero-order valence-electron chi connectivity index (χ0n) is 10.4. The van der Waals surface area contributed by atoms with E-state index in [0.29, 0.717) is 28.2 Å².